The van der Waals surface area contributed by atoms with E-state index in [9.17, 15) is 0 Å². The lowest BCUT2D eigenvalue weighted by Crippen LogP contribution is -3.13. The van der Waals surface area contributed by atoms with Crippen LogP contribution in [0.5, 0.6) is 0 Å². The summed E-state index contributed by atoms with van der Waals surface area (Å²) in [7, 11) is 0. The van der Waals surface area contributed by atoms with Gasteiger partial charge in [-0.05, 0) is 19.3 Å². The van der Waals surface area contributed by atoms with Crippen LogP contribution in [0.25, 0.3) is 0 Å². The highest BCUT2D eigenvalue weighted by molar-refractivity contribution is 5.15. The molecule has 154 valence electrons. The fraction of sp³-hybridized carbons (Fsp3) is 0.520. The second-order valence-electron chi connectivity index (χ2n) is 8.03. The Hall–Kier alpha value is -1.35. The molecule has 1 aliphatic carbocycles. The van der Waals surface area contributed by atoms with Crippen molar-refractivity contribution in [3.05, 3.63) is 71.8 Å². The Morgan fingerprint density at radius 1 is 0.786 bits per heavy atom. The zero-order chi connectivity index (χ0) is 18.7. The van der Waals surface area contributed by atoms with E-state index >= 15 is 0 Å². The van der Waals surface area contributed by atoms with Crippen LogP contribution in [0.15, 0.2) is 60.7 Å². The van der Waals surface area contributed by atoms with E-state index in [2.05, 4.69) is 67.6 Å². The topological polar surface area (TPSA) is 13.7 Å². The second kappa shape index (κ2) is 13.0. The number of unbranched alkanes of at least 4 members (excludes halogenated alkanes) is 2. The van der Waals surface area contributed by atoms with Crippen LogP contribution in [0, 0.1) is 0 Å². The van der Waals surface area contributed by atoms with Gasteiger partial charge in [0.1, 0.15) is 13.1 Å². The van der Waals surface area contributed by atoms with Gasteiger partial charge in [0.25, 0.3) is 0 Å². The zero-order valence-electron chi connectivity index (χ0n) is 17.3. The molecule has 1 N–H and O–H groups in total. The Bertz CT molecular complexity index is 584. The van der Waals surface area contributed by atoms with E-state index in [0.717, 1.165) is 25.7 Å². The van der Waals surface area contributed by atoms with Gasteiger partial charge in [0.2, 0.25) is 0 Å². The van der Waals surface area contributed by atoms with E-state index in [1.165, 1.54) is 56.1 Å². The molecule has 0 unspecified atom stereocenters. The highest BCUT2D eigenvalue weighted by Crippen LogP contribution is 2.21. The van der Waals surface area contributed by atoms with Crippen LogP contribution in [0.3, 0.4) is 0 Å². The zero-order valence-corrected chi connectivity index (χ0v) is 18.0. The van der Waals surface area contributed by atoms with Gasteiger partial charge >= 0.3 is 0 Å². The molecule has 3 heteroatoms. The van der Waals surface area contributed by atoms with Crippen LogP contribution in [-0.4, -0.2) is 18.8 Å². The summed E-state index contributed by atoms with van der Waals surface area (Å²) in [6.45, 7) is 5.43. The molecule has 0 aliphatic heterocycles. The monoisotopic (exact) mass is 401 g/mol. The van der Waals surface area contributed by atoms with E-state index in [0.29, 0.717) is 6.10 Å². The maximum Gasteiger partial charge on any atom is 0.103 e. The highest BCUT2D eigenvalue weighted by Gasteiger charge is 2.29. The number of hydrogen-bond acceptors (Lipinski definition) is 1. The fourth-order valence-corrected chi connectivity index (χ4v) is 4.31. The maximum atomic E-state index is 6.14. The van der Waals surface area contributed by atoms with Gasteiger partial charge in [0, 0.05) is 30.6 Å². The number of benzene rings is 2. The van der Waals surface area contributed by atoms with E-state index in [4.69, 9.17) is 4.74 Å². The molecule has 0 aromatic heterocycles. The lowest BCUT2D eigenvalue weighted by atomic mass is 9.91. The smallest absolute Gasteiger partial charge is 0.103 e. The third kappa shape index (κ3) is 7.58. The van der Waals surface area contributed by atoms with Crippen molar-refractivity contribution >= 4 is 0 Å². The molecule has 28 heavy (non-hydrogen) atoms. The Labute approximate surface area is 177 Å². The van der Waals surface area contributed by atoms with Gasteiger partial charge in [0.15, 0.2) is 0 Å². The first-order valence-corrected chi connectivity index (χ1v) is 10.9. The Kier molecular flexibility index (Phi) is 10.6. The lowest BCUT2D eigenvalue weighted by molar-refractivity contribution is -0.953. The molecule has 1 fully saturated rings. The second-order valence-corrected chi connectivity index (χ2v) is 8.03. The molecule has 0 heterocycles. The standard InChI is InChI=1S/C25H35NO.ClH/c1-2-3-10-19-27-25-17-15-24(16-18-25)26(20-22-11-6-4-7-12-22)21-23-13-8-5-9-14-23;/h4-9,11-14,24-25H,2-3,10,15-21H2,1H3;1H. The third-order valence-corrected chi connectivity index (χ3v) is 5.90. The minimum atomic E-state index is 0. The summed E-state index contributed by atoms with van der Waals surface area (Å²) in [5, 5.41) is 0. The fourth-order valence-electron chi connectivity index (χ4n) is 4.31. The number of quaternary nitrogens is 1. The predicted octanol–water partition coefficient (Wildman–Crippen LogP) is 1.79. The SMILES string of the molecule is CCCCCOC1CCC([NH+](Cc2ccccc2)Cc2ccccc2)CC1.[Cl-]. The minimum absolute atomic E-state index is 0. The number of nitrogens with one attached hydrogen (secondary N) is 1. The van der Waals surface area contributed by atoms with E-state index in [-0.39, 0.29) is 12.4 Å². The predicted molar refractivity (Wildman–Crippen MR) is 113 cm³/mol. The van der Waals surface area contributed by atoms with Crippen molar-refractivity contribution < 1.29 is 22.0 Å². The van der Waals surface area contributed by atoms with Gasteiger partial charge in [-0.3, -0.25) is 0 Å². The molecule has 2 nitrogen and oxygen atoms in total. The van der Waals surface area contributed by atoms with Crippen molar-refractivity contribution in [2.24, 2.45) is 0 Å². The molecular weight excluding hydrogens is 366 g/mol. The Balaban J connectivity index is 0.00000280. The quantitative estimate of drug-likeness (QED) is 0.599. The average Bonchev–Trinajstić information content (AvgIpc) is 2.73. The summed E-state index contributed by atoms with van der Waals surface area (Å²) in [5.74, 6) is 0. The highest BCUT2D eigenvalue weighted by atomic mass is 35.5. The van der Waals surface area contributed by atoms with Crippen molar-refractivity contribution in [2.45, 2.75) is 77.1 Å². The first-order valence-electron chi connectivity index (χ1n) is 10.9. The molecule has 0 spiro atoms. The molecule has 0 atom stereocenters. The molecule has 0 saturated heterocycles. The average molecular weight is 402 g/mol. The first kappa shape index (κ1) is 22.9. The maximum absolute atomic E-state index is 6.14. The van der Waals surface area contributed by atoms with Crippen molar-refractivity contribution in [3.8, 4) is 0 Å². The van der Waals surface area contributed by atoms with E-state index < -0.39 is 0 Å². The molecule has 0 bridgehead atoms. The molecule has 2 aromatic rings. The van der Waals surface area contributed by atoms with Gasteiger partial charge < -0.3 is 22.0 Å². The molecular formula is C25H36ClNO. The Morgan fingerprint density at radius 2 is 1.32 bits per heavy atom. The van der Waals surface area contributed by atoms with Crippen LogP contribution in [0.2, 0.25) is 0 Å². The van der Waals surface area contributed by atoms with Crippen molar-refractivity contribution in [1.29, 1.82) is 0 Å². The molecule has 1 saturated carbocycles. The van der Waals surface area contributed by atoms with E-state index in [1.54, 1.807) is 4.90 Å². The third-order valence-electron chi connectivity index (χ3n) is 5.90. The van der Waals surface area contributed by atoms with Crippen LogP contribution in [0.4, 0.5) is 0 Å². The largest absolute Gasteiger partial charge is 1.00 e. The van der Waals surface area contributed by atoms with Crippen LogP contribution < -0.4 is 17.3 Å². The summed E-state index contributed by atoms with van der Waals surface area (Å²) >= 11 is 0. The number of rotatable bonds is 10. The lowest BCUT2D eigenvalue weighted by Gasteiger charge is -2.34. The summed E-state index contributed by atoms with van der Waals surface area (Å²) in [4.78, 5) is 1.71. The normalized spacial score (nSPS) is 19.4. The first-order chi connectivity index (χ1) is 13.3. The van der Waals surface area contributed by atoms with Gasteiger partial charge in [-0.2, -0.15) is 0 Å². The molecule has 3 rings (SSSR count). The summed E-state index contributed by atoms with van der Waals surface area (Å²) < 4.78 is 6.14. The Morgan fingerprint density at radius 3 is 1.82 bits per heavy atom. The molecule has 1 aliphatic rings. The van der Waals surface area contributed by atoms with E-state index in [1.807, 2.05) is 0 Å². The molecule has 0 amide bonds. The van der Waals surface area contributed by atoms with Crippen molar-refractivity contribution in [2.75, 3.05) is 6.61 Å². The van der Waals surface area contributed by atoms with Crippen molar-refractivity contribution in [3.63, 3.8) is 0 Å². The summed E-state index contributed by atoms with van der Waals surface area (Å²) in [6.07, 6.45) is 9.30. The van der Waals surface area contributed by atoms with Gasteiger partial charge in [-0.25, -0.2) is 0 Å². The minimum Gasteiger partial charge on any atom is -1.00 e. The van der Waals surface area contributed by atoms with Crippen molar-refractivity contribution in [1.82, 2.24) is 0 Å². The summed E-state index contributed by atoms with van der Waals surface area (Å²) in [5.41, 5.74) is 2.89. The van der Waals surface area contributed by atoms with Crippen LogP contribution in [0.1, 0.15) is 63.0 Å². The summed E-state index contributed by atoms with van der Waals surface area (Å²) in [6, 6.07) is 22.7. The molecule has 0 radical (unpaired) electrons. The van der Waals surface area contributed by atoms with Gasteiger partial charge in [-0.1, -0.05) is 80.4 Å². The number of ether oxygens (including phenoxy) is 1. The molecule has 2 aromatic carbocycles. The van der Waals surface area contributed by atoms with Crippen LogP contribution >= 0.6 is 0 Å². The number of halogens is 1. The van der Waals surface area contributed by atoms with Crippen LogP contribution in [-0.2, 0) is 17.8 Å². The van der Waals surface area contributed by atoms with Gasteiger partial charge in [0.05, 0.1) is 12.1 Å². The van der Waals surface area contributed by atoms with Gasteiger partial charge in [-0.15, -0.1) is 0 Å². The number of hydrogen-bond donors (Lipinski definition) is 1.